The number of nitrogen functional groups attached to an aromatic ring is 1. The van der Waals surface area contributed by atoms with E-state index in [0.29, 0.717) is 11.3 Å². The van der Waals surface area contributed by atoms with Gasteiger partial charge in [-0.15, -0.1) is 0 Å². The minimum Gasteiger partial charge on any atom is -0.350 e. The predicted molar refractivity (Wildman–Crippen MR) is 61.6 cm³/mol. The van der Waals surface area contributed by atoms with Crippen molar-refractivity contribution in [3.8, 4) is 0 Å². The summed E-state index contributed by atoms with van der Waals surface area (Å²) in [5.74, 6) is 5.23. The first-order valence-electron chi connectivity index (χ1n) is 4.92. The highest BCUT2D eigenvalue weighted by atomic mass is 16.1. The van der Waals surface area contributed by atoms with Gasteiger partial charge < -0.3 is 10.7 Å². The molecule has 4 nitrogen and oxygen atoms in total. The number of rotatable bonds is 3. The zero-order valence-electron chi connectivity index (χ0n) is 9.29. The minimum absolute atomic E-state index is 0.110. The van der Waals surface area contributed by atoms with Crippen LogP contribution in [-0.2, 0) is 0 Å². The lowest BCUT2D eigenvalue weighted by Gasteiger charge is -2.12. The third-order valence-corrected chi connectivity index (χ3v) is 1.99. The van der Waals surface area contributed by atoms with E-state index in [1.807, 2.05) is 32.9 Å². The fraction of sp³-hybridized carbons (Fsp3) is 0.364. The van der Waals surface area contributed by atoms with E-state index in [9.17, 15) is 4.79 Å². The van der Waals surface area contributed by atoms with Gasteiger partial charge in [0.1, 0.15) is 0 Å². The highest BCUT2D eigenvalue weighted by Gasteiger charge is 2.11. The molecule has 0 saturated heterocycles. The highest BCUT2D eigenvalue weighted by molar-refractivity contribution is 5.99. The highest BCUT2D eigenvalue weighted by Crippen LogP contribution is 2.16. The number of aryl methyl sites for hydroxylation is 1. The standard InChI is InChI=1S/C11H17N3O/c1-7(2)13-11(15)9-6-8(3)4-5-10(9)14-12/h4-7,14H,12H2,1-3H3,(H,13,15). The van der Waals surface area contributed by atoms with E-state index in [-0.39, 0.29) is 11.9 Å². The number of carbonyl (C=O) groups is 1. The summed E-state index contributed by atoms with van der Waals surface area (Å²) in [4.78, 5) is 11.8. The van der Waals surface area contributed by atoms with Gasteiger partial charge >= 0.3 is 0 Å². The third-order valence-electron chi connectivity index (χ3n) is 1.99. The van der Waals surface area contributed by atoms with Crippen LogP contribution in [0.25, 0.3) is 0 Å². The first-order valence-corrected chi connectivity index (χ1v) is 4.92. The van der Waals surface area contributed by atoms with Crippen molar-refractivity contribution in [2.45, 2.75) is 26.8 Å². The fourth-order valence-electron chi connectivity index (χ4n) is 1.31. The first-order chi connectivity index (χ1) is 7.04. The van der Waals surface area contributed by atoms with Crippen LogP contribution < -0.4 is 16.6 Å². The third kappa shape index (κ3) is 2.95. The number of hydrogen-bond acceptors (Lipinski definition) is 3. The maximum absolute atomic E-state index is 11.8. The summed E-state index contributed by atoms with van der Waals surface area (Å²) < 4.78 is 0. The molecule has 1 rings (SSSR count). The van der Waals surface area contributed by atoms with Crippen LogP contribution in [0.4, 0.5) is 5.69 Å². The smallest absolute Gasteiger partial charge is 0.253 e. The molecule has 0 radical (unpaired) electrons. The van der Waals surface area contributed by atoms with Crippen LogP contribution in [0.2, 0.25) is 0 Å². The SMILES string of the molecule is Cc1ccc(NN)c(C(=O)NC(C)C)c1. The second-order valence-corrected chi connectivity index (χ2v) is 3.82. The van der Waals surface area contributed by atoms with Crippen LogP contribution in [0.1, 0.15) is 29.8 Å². The molecule has 0 aliphatic carbocycles. The summed E-state index contributed by atoms with van der Waals surface area (Å²) in [6, 6.07) is 5.63. The van der Waals surface area contributed by atoms with Gasteiger partial charge in [-0.2, -0.15) is 0 Å². The number of nitrogens with one attached hydrogen (secondary N) is 2. The van der Waals surface area contributed by atoms with Crippen LogP contribution in [0.5, 0.6) is 0 Å². The molecule has 0 bridgehead atoms. The van der Waals surface area contributed by atoms with Gasteiger partial charge in [0.2, 0.25) is 0 Å². The number of carbonyl (C=O) groups excluding carboxylic acids is 1. The van der Waals surface area contributed by atoms with E-state index in [4.69, 9.17) is 5.84 Å². The van der Waals surface area contributed by atoms with Crippen molar-refractivity contribution >= 4 is 11.6 Å². The van der Waals surface area contributed by atoms with Crippen molar-refractivity contribution in [1.82, 2.24) is 5.32 Å². The molecule has 0 unspecified atom stereocenters. The molecule has 15 heavy (non-hydrogen) atoms. The molecule has 82 valence electrons. The Bertz CT molecular complexity index is 361. The molecular formula is C11H17N3O. The summed E-state index contributed by atoms with van der Waals surface area (Å²) in [7, 11) is 0. The van der Waals surface area contributed by atoms with E-state index in [1.165, 1.54) is 0 Å². The van der Waals surface area contributed by atoms with Crippen LogP contribution in [0, 0.1) is 6.92 Å². The molecule has 4 heteroatoms. The predicted octanol–water partition coefficient (Wildman–Crippen LogP) is 1.42. The monoisotopic (exact) mass is 207 g/mol. The van der Waals surface area contributed by atoms with Crippen molar-refractivity contribution in [2.24, 2.45) is 5.84 Å². The number of benzene rings is 1. The molecule has 1 aromatic carbocycles. The maximum atomic E-state index is 11.8. The van der Waals surface area contributed by atoms with Gasteiger partial charge in [-0.3, -0.25) is 10.6 Å². The van der Waals surface area contributed by atoms with Gasteiger partial charge in [-0.1, -0.05) is 11.6 Å². The molecule has 0 fully saturated rings. The van der Waals surface area contributed by atoms with Gasteiger partial charge in [0.25, 0.3) is 5.91 Å². The maximum Gasteiger partial charge on any atom is 0.253 e. The number of amides is 1. The Morgan fingerprint density at radius 3 is 2.60 bits per heavy atom. The average Bonchev–Trinajstić information content (AvgIpc) is 2.16. The minimum atomic E-state index is -0.110. The molecule has 0 heterocycles. The van der Waals surface area contributed by atoms with E-state index >= 15 is 0 Å². The zero-order chi connectivity index (χ0) is 11.4. The lowest BCUT2D eigenvalue weighted by molar-refractivity contribution is 0.0944. The number of nitrogens with two attached hydrogens (primary N) is 1. The Morgan fingerprint density at radius 2 is 2.07 bits per heavy atom. The number of hydrogen-bond donors (Lipinski definition) is 3. The Hall–Kier alpha value is -1.55. The summed E-state index contributed by atoms with van der Waals surface area (Å²) in [6.07, 6.45) is 0. The van der Waals surface area contributed by atoms with Crippen LogP contribution in [-0.4, -0.2) is 11.9 Å². The molecule has 0 aliphatic heterocycles. The van der Waals surface area contributed by atoms with Gasteiger partial charge in [0.15, 0.2) is 0 Å². The second kappa shape index (κ2) is 4.79. The summed E-state index contributed by atoms with van der Waals surface area (Å²) in [6.45, 7) is 5.78. The van der Waals surface area contributed by atoms with Crippen LogP contribution in [0.3, 0.4) is 0 Å². The van der Waals surface area contributed by atoms with Crippen molar-refractivity contribution in [1.29, 1.82) is 0 Å². The summed E-state index contributed by atoms with van der Waals surface area (Å²) in [5, 5.41) is 2.83. The molecule has 1 amide bonds. The van der Waals surface area contributed by atoms with Crippen LogP contribution >= 0.6 is 0 Å². The quantitative estimate of drug-likeness (QED) is 0.518. The normalized spacial score (nSPS) is 10.2. The van der Waals surface area contributed by atoms with Crippen molar-refractivity contribution in [3.05, 3.63) is 29.3 Å². The molecule has 4 N–H and O–H groups in total. The zero-order valence-corrected chi connectivity index (χ0v) is 9.29. The number of anilines is 1. The van der Waals surface area contributed by atoms with Gasteiger partial charge in [-0.05, 0) is 32.9 Å². The van der Waals surface area contributed by atoms with Gasteiger partial charge in [-0.25, -0.2) is 0 Å². The molecule has 0 spiro atoms. The molecular weight excluding hydrogens is 190 g/mol. The van der Waals surface area contributed by atoms with Crippen molar-refractivity contribution in [2.75, 3.05) is 5.43 Å². The van der Waals surface area contributed by atoms with E-state index in [1.54, 1.807) is 6.07 Å². The fourth-order valence-corrected chi connectivity index (χ4v) is 1.31. The Kier molecular flexibility index (Phi) is 3.68. The van der Waals surface area contributed by atoms with Crippen molar-refractivity contribution < 1.29 is 4.79 Å². The Morgan fingerprint density at radius 1 is 1.40 bits per heavy atom. The molecule has 0 atom stereocenters. The Labute approximate surface area is 89.8 Å². The first kappa shape index (κ1) is 11.5. The van der Waals surface area contributed by atoms with Crippen molar-refractivity contribution in [3.63, 3.8) is 0 Å². The molecule has 0 saturated carbocycles. The van der Waals surface area contributed by atoms with Crippen LogP contribution in [0.15, 0.2) is 18.2 Å². The molecule has 0 aliphatic rings. The topological polar surface area (TPSA) is 67.1 Å². The van der Waals surface area contributed by atoms with E-state index in [2.05, 4.69) is 10.7 Å². The lowest BCUT2D eigenvalue weighted by atomic mass is 10.1. The largest absolute Gasteiger partial charge is 0.350 e. The molecule has 1 aromatic rings. The summed E-state index contributed by atoms with van der Waals surface area (Å²) >= 11 is 0. The van der Waals surface area contributed by atoms with Gasteiger partial charge in [0.05, 0.1) is 11.3 Å². The molecule has 0 aromatic heterocycles. The van der Waals surface area contributed by atoms with E-state index in [0.717, 1.165) is 5.56 Å². The average molecular weight is 207 g/mol. The van der Waals surface area contributed by atoms with Gasteiger partial charge in [0, 0.05) is 6.04 Å². The Balaban J connectivity index is 3.00. The second-order valence-electron chi connectivity index (χ2n) is 3.82. The van der Waals surface area contributed by atoms with E-state index < -0.39 is 0 Å². The number of hydrazine groups is 1. The lowest BCUT2D eigenvalue weighted by Crippen LogP contribution is -2.31. The summed E-state index contributed by atoms with van der Waals surface area (Å²) in [5.41, 5.74) is 4.76.